The van der Waals surface area contributed by atoms with Gasteiger partial charge in [-0.15, -0.1) is 11.8 Å². The molecule has 1 saturated carbocycles. The fraction of sp³-hybridized carbons (Fsp3) is 0.316. The number of pyridine rings is 1. The highest BCUT2D eigenvalue weighted by Gasteiger charge is 2.28. The van der Waals surface area contributed by atoms with E-state index >= 15 is 0 Å². The highest BCUT2D eigenvalue weighted by Crippen LogP contribution is 2.40. The molecule has 1 aliphatic rings. The minimum Gasteiger partial charge on any atom is -0.322 e. The van der Waals surface area contributed by atoms with Gasteiger partial charge in [-0.25, -0.2) is 17.7 Å². The van der Waals surface area contributed by atoms with E-state index in [9.17, 15) is 18.5 Å². The standard InChI is InChI=1S/C19H20N4O3S2/c1-23(2)28(25,26)14-6-4-5-13(9-14)21-18(24)15-10-17(12-7-8-12)22-19(27-3)16(15)11-20/h4-6,9-10,12H,7-8H2,1-3H3,(H,21,24). The monoisotopic (exact) mass is 416 g/mol. The van der Waals surface area contributed by atoms with Crippen LogP contribution in [-0.4, -0.2) is 44.0 Å². The van der Waals surface area contributed by atoms with Crippen LogP contribution in [0.1, 0.15) is 40.4 Å². The summed E-state index contributed by atoms with van der Waals surface area (Å²) in [5.41, 5.74) is 1.64. The van der Waals surface area contributed by atoms with Crippen LogP contribution in [0.15, 0.2) is 40.3 Å². The number of anilines is 1. The Morgan fingerprint density at radius 3 is 2.61 bits per heavy atom. The highest BCUT2D eigenvalue weighted by atomic mass is 32.2. The number of rotatable bonds is 6. The average Bonchev–Trinajstić information content (AvgIpc) is 3.52. The highest BCUT2D eigenvalue weighted by molar-refractivity contribution is 7.98. The normalized spacial score (nSPS) is 14.0. The van der Waals surface area contributed by atoms with E-state index in [1.807, 2.05) is 6.26 Å². The summed E-state index contributed by atoms with van der Waals surface area (Å²) in [4.78, 5) is 17.5. The minimum atomic E-state index is -3.62. The van der Waals surface area contributed by atoms with Crippen molar-refractivity contribution in [1.29, 1.82) is 5.26 Å². The molecule has 1 aromatic heterocycles. The molecule has 28 heavy (non-hydrogen) atoms. The average molecular weight is 417 g/mol. The van der Waals surface area contributed by atoms with Crippen molar-refractivity contribution in [2.75, 3.05) is 25.7 Å². The van der Waals surface area contributed by atoms with Gasteiger partial charge in [-0.2, -0.15) is 5.26 Å². The number of carbonyl (C=O) groups excluding carboxylic acids is 1. The third-order valence-corrected chi connectivity index (χ3v) is 6.92. The van der Waals surface area contributed by atoms with Crippen LogP contribution in [0, 0.1) is 11.3 Å². The summed E-state index contributed by atoms with van der Waals surface area (Å²) in [6.45, 7) is 0. The number of carbonyl (C=O) groups is 1. The lowest BCUT2D eigenvalue weighted by Crippen LogP contribution is -2.22. The maximum atomic E-state index is 12.9. The van der Waals surface area contributed by atoms with E-state index in [1.54, 1.807) is 18.2 Å². The number of aromatic nitrogens is 1. The fourth-order valence-corrected chi connectivity index (χ4v) is 4.21. The number of thioether (sulfide) groups is 1. The second-order valence-corrected chi connectivity index (χ2v) is 9.58. The molecule has 1 heterocycles. The van der Waals surface area contributed by atoms with Crippen molar-refractivity contribution in [3.63, 3.8) is 0 Å². The number of hydrogen-bond acceptors (Lipinski definition) is 6. The zero-order chi connectivity index (χ0) is 20.5. The van der Waals surface area contributed by atoms with E-state index in [0.29, 0.717) is 16.6 Å². The summed E-state index contributed by atoms with van der Waals surface area (Å²) in [5, 5.41) is 12.8. The molecule has 3 rings (SSSR count). The topological polar surface area (TPSA) is 103 Å². The summed E-state index contributed by atoms with van der Waals surface area (Å²) in [6, 6.07) is 9.78. The van der Waals surface area contributed by atoms with E-state index in [1.165, 1.54) is 38.0 Å². The molecule has 0 unspecified atom stereocenters. The molecule has 0 bridgehead atoms. The predicted octanol–water partition coefficient (Wildman–Crippen LogP) is 3.06. The smallest absolute Gasteiger partial charge is 0.257 e. The van der Waals surface area contributed by atoms with Crippen LogP contribution < -0.4 is 5.32 Å². The van der Waals surface area contributed by atoms with E-state index in [0.717, 1.165) is 22.8 Å². The van der Waals surface area contributed by atoms with Gasteiger partial charge in [0.2, 0.25) is 10.0 Å². The molecule has 0 spiro atoms. The number of amides is 1. The quantitative estimate of drug-likeness (QED) is 0.726. The number of nitrogens with zero attached hydrogens (tertiary/aromatic N) is 3. The molecule has 1 aliphatic carbocycles. The van der Waals surface area contributed by atoms with Gasteiger partial charge in [0.25, 0.3) is 5.91 Å². The van der Waals surface area contributed by atoms with Crippen LogP contribution in [-0.2, 0) is 10.0 Å². The van der Waals surface area contributed by atoms with Crippen LogP contribution >= 0.6 is 11.8 Å². The second kappa shape index (κ2) is 7.91. The fourth-order valence-electron chi connectivity index (χ4n) is 2.71. The van der Waals surface area contributed by atoms with Crippen molar-refractivity contribution in [2.45, 2.75) is 28.7 Å². The van der Waals surface area contributed by atoms with E-state index in [-0.39, 0.29) is 16.0 Å². The van der Waals surface area contributed by atoms with Crippen molar-refractivity contribution in [2.24, 2.45) is 0 Å². The molecule has 146 valence electrons. The number of nitriles is 1. The van der Waals surface area contributed by atoms with Crippen LogP contribution in [0.25, 0.3) is 0 Å². The van der Waals surface area contributed by atoms with Crippen molar-refractivity contribution in [3.8, 4) is 6.07 Å². The molecule has 1 N–H and O–H groups in total. The van der Waals surface area contributed by atoms with Crippen LogP contribution in [0.4, 0.5) is 5.69 Å². The summed E-state index contributed by atoms with van der Waals surface area (Å²) >= 11 is 1.33. The molecule has 0 radical (unpaired) electrons. The Balaban J connectivity index is 1.96. The number of hydrogen-bond donors (Lipinski definition) is 1. The Morgan fingerprint density at radius 2 is 2.04 bits per heavy atom. The lowest BCUT2D eigenvalue weighted by Gasteiger charge is -2.14. The number of benzene rings is 1. The number of nitrogens with one attached hydrogen (secondary N) is 1. The molecule has 1 aromatic carbocycles. The molecule has 1 fully saturated rings. The first kappa shape index (κ1) is 20.3. The minimum absolute atomic E-state index is 0.0778. The molecule has 1 amide bonds. The lowest BCUT2D eigenvalue weighted by atomic mass is 10.1. The van der Waals surface area contributed by atoms with Crippen molar-refractivity contribution in [3.05, 3.63) is 47.2 Å². The first-order valence-corrected chi connectivity index (χ1v) is 11.3. The van der Waals surface area contributed by atoms with Gasteiger partial charge in [0, 0.05) is 31.4 Å². The molecule has 2 aromatic rings. The molecule has 0 aliphatic heterocycles. The van der Waals surface area contributed by atoms with Gasteiger partial charge in [0.1, 0.15) is 11.1 Å². The zero-order valence-corrected chi connectivity index (χ0v) is 17.4. The molecule has 0 atom stereocenters. The van der Waals surface area contributed by atoms with Crippen LogP contribution in [0.5, 0.6) is 0 Å². The maximum absolute atomic E-state index is 12.9. The van der Waals surface area contributed by atoms with Gasteiger partial charge < -0.3 is 5.32 Å². The van der Waals surface area contributed by atoms with Gasteiger partial charge >= 0.3 is 0 Å². The van der Waals surface area contributed by atoms with Gasteiger partial charge in [0.05, 0.1) is 16.0 Å². The van der Waals surface area contributed by atoms with Crippen molar-refractivity contribution >= 4 is 33.4 Å². The Bertz CT molecular complexity index is 1070. The van der Waals surface area contributed by atoms with Gasteiger partial charge in [0.15, 0.2) is 0 Å². The van der Waals surface area contributed by atoms with Crippen molar-refractivity contribution in [1.82, 2.24) is 9.29 Å². The third-order valence-electron chi connectivity index (χ3n) is 4.42. The van der Waals surface area contributed by atoms with Crippen LogP contribution in [0.2, 0.25) is 0 Å². The van der Waals surface area contributed by atoms with Gasteiger partial charge in [-0.05, 0) is 43.4 Å². The Morgan fingerprint density at radius 1 is 1.32 bits per heavy atom. The van der Waals surface area contributed by atoms with Gasteiger partial charge in [-0.1, -0.05) is 6.07 Å². The Hall–Kier alpha value is -2.41. The maximum Gasteiger partial charge on any atom is 0.257 e. The molecule has 9 heteroatoms. The van der Waals surface area contributed by atoms with Crippen LogP contribution in [0.3, 0.4) is 0 Å². The summed E-state index contributed by atoms with van der Waals surface area (Å²) in [6.07, 6.45) is 3.87. The predicted molar refractivity (Wildman–Crippen MR) is 108 cm³/mol. The summed E-state index contributed by atoms with van der Waals surface area (Å²) in [5.74, 6) is -0.130. The Kier molecular flexibility index (Phi) is 5.74. The first-order chi connectivity index (χ1) is 13.3. The second-order valence-electron chi connectivity index (χ2n) is 6.63. The summed E-state index contributed by atoms with van der Waals surface area (Å²) in [7, 11) is -0.728. The SMILES string of the molecule is CSc1nc(C2CC2)cc(C(=O)Nc2cccc(S(=O)(=O)N(C)C)c2)c1C#N. The van der Waals surface area contributed by atoms with E-state index < -0.39 is 15.9 Å². The third kappa shape index (κ3) is 4.04. The summed E-state index contributed by atoms with van der Waals surface area (Å²) < 4.78 is 25.7. The zero-order valence-electron chi connectivity index (χ0n) is 15.8. The molecular formula is C19H20N4O3S2. The lowest BCUT2D eigenvalue weighted by molar-refractivity contribution is 0.102. The molecular weight excluding hydrogens is 396 g/mol. The molecule has 0 saturated heterocycles. The Labute approximate surface area is 168 Å². The molecule has 7 nitrogen and oxygen atoms in total. The van der Waals surface area contributed by atoms with Gasteiger partial charge in [-0.3, -0.25) is 4.79 Å². The van der Waals surface area contributed by atoms with E-state index in [4.69, 9.17) is 0 Å². The first-order valence-electron chi connectivity index (χ1n) is 8.61. The van der Waals surface area contributed by atoms with Crippen molar-refractivity contribution < 1.29 is 13.2 Å². The number of sulfonamides is 1. The largest absolute Gasteiger partial charge is 0.322 e. The van der Waals surface area contributed by atoms with E-state index in [2.05, 4.69) is 16.4 Å².